The number of carboxylic acids is 1. The summed E-state index contributed by atoms with van der Waals surface area (Å²) in [6.45, 7) is 7.82. The smallest absolute Gasteiger partial charge is 0.326 e. The topological polar surface area (TPSA) is 78.4 Å². The van der Waals surface area contributed by atoms with Crippen LogP contribution >= 0.6 is 11.3 Å². The number of hydrogen-bond acceptors (Lipinski definition) is 3. The summed E-state index contributed by atoms with van der Waals surface area (Å²) >= 11 is 1.59. The molecular weight excluding hydrogens is 276 g/mol. The van der Waals surface area contributed by atoms with Crippen LogP contribution in [-0.2, 0) is 17.8 Å². The molecule has 5 nitrogen and oxygen atoms in total. The van der Waals surface area contributed by atoms with E-state index in [4.69, 9.17) is 5.11 Å². The second-order valence-electron chi connectivity index (χ2n) is 5.69. The summed E-state index contributed by atoms with van der Waals surface area (Å²) in [5.74, 6) is -1.03. The summed E-state index contributed by atoms with van der Waals surface area (Å²) < 4.78 is 0. The van der Waals surface area contributed by atoms with Crippen molar-refractivity contribution < 1.29 is 14.7 Å². The van der Waals surface area contributed by atoms with Gasteiger partial charge in [-0.25, -0.2) is 9.59 Å². The molecule has 6 heteroatoms. The number of aliphatic carboxylic acids is 1. The van der Waals surface area contributed by atoms with Crippen LogP contribution in [0.2, 0.25) is 0 Å². The first-order chi connectivity index (χ1) is 9.25. The van der Waals surface area contributed by atoms with Crippen LogP contribution in [0.1, 0.15) is 38.1 Å². The molecule has 3 N–H and O–H groups in total. The van der Waals surface area contributed by atoms with Gasteiger partial charge in [0.1, 0.15) is 6.04 Å². The molecule has 20 heavy (non-hydrogen) atoms. The van der Waals surface area contributed by atoms with Gasteiger partial charge < -0.3 is 15.7 Å². The summed E-state index contributed by atoms with van der Waals surface area (Å²) in [4.78, 5) is 24.1. The van der Waals surface area contributed by atoms with Gasteiger partial charge in [-0.2, -0.15) is 0 Å². The quantitative estimate of drug-likeness (QED) is 0.782. The first kappa shape index (κ1) is 16.5. The molecule has 0 radical (unpaired) electrons. The minimum Gasteiger partial charge on any atom is -0.480 e. The molecule has 112 valence electrons. The van der Waals surface area contributed by atoms with E-state index in [1.54, 1.807) is 32.1 Å². The first-order valence-electron chi connectivity index (χ1n) is 6.58. The Morgan fingerprint density at radius 2 is 2.05 bits per heavy atom. The van der Waals surface area contributed by atoms with E-state index in [9.17, 15) is 9.59 Å². The van der Waals surface area contributed by atoms with Gasteiger partial charge >= 0.3 is 12.0 Å². The van der Waals surface area contributed by atoms with Gasteiger partial charge in [-0.1, -0.05) is 27.7 Å². The standard InChI is InChI=1S/C14H22N2O3S/c1-5-9-6-7-20-10(9)8-15-13(19)16-11(12(17)18)14(2,3)4/h6-7,11H,5,8H2,1-4H3,(H,17,18)(H2,15,16,19). The van der Waals surface area contributed by atoms with Crippen molar-refractivity contribution in [3.8, 4) is 0 Å². The van der Waals surface area contributed by atoms with E-state index < -0.39 is 23.5 Å². The Balaban J connectivity index is 2.57. The molecule has 0 aliphatic rings. The Morgan fingerprint density at radius 3 is 2.55 bits per heavy atom. The first-order valence-corrected chi connectivity index (χ1v) is 7.46. The number of amides is 2. The summed E-state index contributed by atoms with van der Waals surface area (Å²) in [5, 5.41) is 16.4. The van der Waals surface area contributed by atoms with E-state index in [1.165, 1.54) is 5.56 Å². The number of carbonyl (C=O) groups excluding carboxylic acids is 1. The van der Waals surface area contributed by atoms with E-state index in [0.717, 1.165) is 11.3 Å². The molecule has 1 atom stereocenters. The SMILES string of the molecule is CCc1ccsc1CNC(=O)NC(C(=O)O)C(C)(C)C. The van der Waals surface area contributed by atoms with Gasteiger partial charge in [0.2, 0.25) is 0 Å². The minimum atomic E-state index is -1.03. The minimum absolute atomic E-state index is 0.420. The van der Waals surface area contributed by atoms with Gasteiger partial charge in [0, 0.05) is 4.88 Å². The van der Waals surface area contributed by atoms with Crippen LogP contribution in [0.4, 0.5) is 4.79 Å². The van der Waals surface area contributed by atoms with Crippen molar-refractivity contribution in [2.75, 3.05) is 0 Å². The zero-order valence-electron chi connectivity index (χ0n) is 12.3. The molecule has 0 saturated heterocycles. The van der Waals surface area contributed by atoms with Crippen LogP contribution in [0, 0.1) is 5.41 Å². The molecule has 1 heterocycles. The van der Waals surface area contributed by atoms with E-state index in [-0.39, 0.29) is 0 Å². The average molecular weight is 298 g/mol. The number of thiophene rings is 1. The van der Waals surface area contributed by atoms with E-state index >= 15 is 0 Å². The van der Waals surface area contributed by atoms with Crippen LogP contribution < -0.4 is 10.6 Å². The van der Waals surface area contributed by atoms with E-state index in [0.29, 0.717) is 6.54 Å². The second-order valence-corrected chi connectivity index (χ2v) is 6.69. The van der Waals surface area contributed by atoms with E-state index in [1.807, 2.05) is 11.4 Å². The lowest BCUT2D eigenvalue weighted by atomic mass is 9.87. The highest BCUT2D eigenvalue weighted by molar-refractivity contribution is 7.10. The summed E-state index contributed by atoms with van der Waals surface area (Å²) in [6, 6.07) is 0.661. The van der Waals surface area contributed by atoms with Crippen molar-refractivity contribution in [1.82, 2.24) is 10.6 Å². The predicted octanol–water partition coefficient (Wildman–Crippen LogP) is 2.61. The zero-order valence-corrected chi connectivity index (χ0v) is 13.1. The van der Waals surface area contributed by atoms with Crippen molar-refractivity contribution >= 4 is 23.3 Å². The number of carbonyl (C=O) groups is 2. The maximum atomic E-state index is 11.8. The third-order valence-corrected chi connectivity index (χ3v) is 3.98. The van der Waals surface area contributed by atoms with Gasteiger partial charge in [-0.15, -0.1) is 11.3 Å². The molecule has 0 aromatic carbocycles. The lowest BCUT2D eigenvalue weighted by molar-refractivity contribution is -0.141. The zero-order chi connectivity index (χ0) is 15.3. The number of nitrogens with one attached hydrogen (secondary N) is 2. The second kappa shape index (κ2) is 6.74. The molecule has 0 spiro atoms. The summed E-state index contributed by atoms with van der Waals surface area (Å²) in [6.07, 6.45) is 0.919. The van der Waals surface area contributed by atoms with Crippen molar-refractivity contribution in [2.24, 2.45) is 5.41 Å². The highest BCUT2D eigenvalue weighted by atomic mass is 32.1. The largest absolute Gasteiger partial charge is 0.480 e. The molecule has 0 aliphatic heterocycles. The third-order valence-electron chi connectivity index (χ3n) is 3.02. The highest BCUT2D eigenvalue weighted by Crippen LogP contribution is 2.19. The fourth-order valence-electron chi connectivity index (χ4n) is 1.83. The fraction of sp³-hybridized carbons (Fsp3) is 0.571. The molecule has 0 saturated carbocycles. The van der Waals surface area contributed by atoms with Crippen LogP contribution in [0.5, 0.6) is 0 Å². The molecule has 1 rings (SSSR count). The van der Waals surface area contributed by atoms with Crippen molar-refractivity contribution in [3.63, 3.8) is 0 Å². The molecule has 0 bridgehead atoms. The molecule has 0 aliphatic carbocycles. The van der Waals surface area contributed by atoms with Crippen molar-refractivity contribution in [2.45, 2.75) is 46.7 Å². The summed E-state index contributed by atoms with van der Waals surface area (Å²) in [5.41, 5.74) is 0.668. The van der Waals surface area contributed by atoms with Crippen LogP contribution in [-0.4, -0.2) is 23.1 Å². The van der Waals surface area contributed by atoms with Crippen LogP contribution in [0.3, 0.4) is 0 Å². The normalized spacial score (nSPS) is 12.8. The lowest BCUT2D eigenvalue weighted by Crippen LogP contribution is -2.52. The van der Waals surface area contributed by atoms with Gasteiger partial charge in [0.25, 0.3) is 0 Å². The van der Waals surface area contributed by atoms with Gasteiger partial charge in [0.15, 0.2) is 0 Å². The van der Waals surface area contributed by atoms with E-state index in [2.05, 4.69) is 17.6 Å². The molecule has 0 fully saturated rings. The number of carboxylic acid groups (broad SMARTS) is 1. The highest BCUT2D eigenvalue weighted by Gasteiger charge is 2.32. The molecule has 2 amide bonds. The predicted molar refractivity (Wildman–Crippen MR) is 79.9 cm³/mol. The van der Waals surface area contributed by atoms with Gasteiger partial charge in [-0.05, 0) is 28.8 Å². The number of urea groups is 1. The fourth-order valence-corrected chi connectivity index (χ4v) is 2.74. The maximum absolute atomic E-state index is 11.8. The number of aryl methyl sites for hydroxylation is 1. The monoisotopic (exact) mass is 298 g/mol. The lowest BCUT2D eigenvalue weighted by Gasteiger charge is -2.27. The Morgan fingerprint density at radius 1 is 1.40 bits per heavy atom. The van der Waals surface area contributed by atoms with Crippen LogP contribution in [0.25, 0.3) is 0 Å². The number of hydrogen-bond donors (Lipinski definition) is 3. The average Bonchev–Trinajstić information content (AvgIpc) is 2.78. The van der Waals surface area contributed by atoms with Gasteiger partial charge in [0.05, 0.1) is 6.54 Å². The Hall–Kier alpha value is -1.56. The Labute approximate surface area is 123 Å². The molecule has 1 aromatic heterocycles. The van der Waals surface area contributed by atoms with Crippen molar-refractivity contribution in [1.29, 1.82) is 0 Å². The third kappa shape index (κ3) is 4.52. The Kier molecular flexibility index (Phi) is 5.56. The number of rotatable bonds is 5. The molecule has 1 unspecified atom stereocenters. The molecule has 1 aromatic rings. The molecular formula is C14H22N2O3S. The summed E-state index contributed by atoms with van der Waals surface area (Å²) in [7, 11) is 0. The maximum Gasteiger partial charge on any atom is 0.326 e. The Bertz CT molecular complexity index is 477. The van der Waals surface area contributed by atoms with Crippen LogP contribution in [0.15, 0.2) is 11.4 Å². The van der Waals surface area contributed by atoms with Crippen molar-refractivity contribution in [3.05, 3.63) is 21.9 Å². The van der Waals surface area contributed by atoms with Gasteiger partial charge in [-0.3, -0.25) is 0 Å².